The topological polar surface area (TPSA) is 64.6 Å². The SMILES string of the molecule is COc1ccc(OC)c(CC2CC(=O)NC(=O)C2)c1. The zero-order valence-corrected chi connectivity index (χ0v) is 11.1. The van der Waals surface area contributed by atoms with E-state index in [-0.39, 0.29) is 17.7 Å². The predicted molar refractivity (Wildman–Crippen MR) is 69.1 cm³/mol. The van der Waals surface area contributed by atoms with Crippen LogP contribution in [0.15, 0.2) is 18.2 Å². The summed E-state index contributed by atoms with van der Waals surface area (Å²) in [7, 11) is 3.20. The lowest BCUT2D eigenvalue weighted by Crippen LogP contribution is -2.39. The Bertz CT molecular complexity index is 482. The fourth-order valence-electron chi connectivity index (χ4n) is 2.35. The van der Waals surface area contributed by atoms with Crippen molar-refractivity contribution in [3.63, 3.8) is 0 Å². The molecule has 2 amide bonds. The summed E-state index contributed by atoms with van der Waals surface area (Å²) in [5.74, 6) is 1.09. The molecule has 1 aromatic rings. The number of hydrogen-bond acceptors (Lipinski definition) is 4. The number of imide groups is 1. The van der Waals surface area contributed by atoms with Gasteiger partial charge in [-0.1, -0.05) is 0 Å². The van der Waals surface area contributed by atoms with Crippen LogP contribution in [0.2, 0.25) is 0 Å². The number of hydrogen-bond donors (Lipinski definition) is 1. The van der Waals surface area contributed by atoms with Crippen LogP contribution in [-0.4, -0.2) is 26.0 Å². The van der Waals surface area contributed by atoms with Crippen LogP contribution in [0.5, 0.6) is 11.5 Å². The van der Waals surface area contributed by atoms with E-state index in [4.69, 9.17) is 9.47 Å². The molecule has 5 nitrogen and oxygen atoms in total. The van der Waals surface area contributed by atoms with Crippen molar-refractivity contribution in [1.82, 2.24) is 5.32 Å². The average Bonchev–Trinajstić information content (AvgIpc) is 2.37. The Morgan fingerprint density at radius 2 is 1.84 bits per heavy atom. The van der Waals surface area contributed by atoms with Gasteiger partial charge in [0.25, 0.3) is 0 Å². The van der Waals surface area contributed by atoms with Gasteiger partial charge in [-0.25, -0.2) is 0 Å². The number of piperidine rings is 1. The fraction of sp³-hybridized carbons (Fsp3) is 0.429. The van der Waals surface area contributed by atoms with Gasteiger partial charge in [0.1, 0.15) is 11.5 Å². The molecule has 1 N–H and O–H groups in total. The minimum atomic E-state index is -0.205. The summed E-state index contributed by atoms with van der Waals surface area (Å²) in [5.41, 5.74) is 0.953. The van der Waals surface area contributed by atoms with Gasteiger partial charge < -0.3 is 9.47 Å². The van der Waals surface area contributed by atoms with Gasteiger partial charge >= 0.3 is 0 Å². The normalized spacial score (nSPS) is 16.1. The van der Waals surface area contributed by atoms with E-state index in [9.17, 15) is 9.59 Å². The Hall–Kier alpha value is -2.04. The number of methoxy groups -OCH3 is 2. The summed E-state index contributed by atoms with van der Waals surface area (Å²) in [6.07, 6.45) is 1.36. The highest BCUT2D eigenvalue weighted by Crippen LogP contribution is 2.29. The van der Waals surface area contributed by atoms with Crippen molar-refractivity contribution in [2.75, 3.05) is 14.2 Å². The molecule has 0 spiro atoms. The molecule has 2 rings (SSSR count). The van der Waals surface area contributed by atoms with E-state index in [0.717, 1.165) is 17.1 Å². The molecule has 1 aliphatic rings. The third-order valence-corrected chi connectivity index (χ3v) is 3.22. The maximum absolute atomic E-state index is 11.4. The van der Waals surface area contributed by atoms with Gasteiger partial charge in [0.05, 0.1) is 14.2 Å². The second-order valence-electron chi connectivity index (χ2n) is 4.63. The Balaban J connectivity index is 2.17. The summed E-state index contributed by atoms with van der Waals surface area (Å²) < 4.78 is 10.5. The van der Waals surface area contributed by atoms with E-state index >= 15 is 0 Å². The molecule has 1 fully saturated rings. The molecular formula is C14H17NO4. The van der Waals surface area contributed by atoms with Gasteiger partial charge in [-0.3, -0.25) is 14.9 Å². The Kier molecular flexibility index (Phi) is 4.04. The summed E-state index contributed by atoms with van der Waals surface area (Å²) in [6, 6.07) is 5.54. The molecule has 5 heteroatoms. The van der Waals surface area contributed by atoms with Crippen LogP contribution in [0.25, 0.3) is 0 Å². The number of rotatable bonds is 4. The summed E-state index contributed by atoms with van der Waals surface area (Å²) >= 11 is 0. The van der Waals surface area contributed by atoms with Gasteiger partial charge in [0.2, 0.25) is 11.8 Å². The molecule has 1 aromatic carbocycles. The van der Waals surface area contributed by atoms with E-state index < -0.39 is 0 Å². The van der Waals surface area contributed by atoms with E-state index in [1.807, 2.05) is 18.2 Å². The van der Waals surface area contributed by atoms with Crippen LogP contribution in [0.1, 0.15) is 18.4 Å². The molecule has 0 saturated carbocycles. The quantitative estimate of drug-likeness (QED) is 0.832. The molecule has 1 aliphatic heterocycles. The minimum absolute atomic E-state index is 0.0160. The molecule has 0 unspecified atom stereocenters. The molecule has 0 aromatic heterocycles. The first kappa shape index (κ1) is 13.4. The molecule has 19 heavy (non-hydrogen) atoms. The van der Waals surface area contributed by atoms with Crippen molar-refractivity contribution < 1.29 is 19.1 Å². The molecular weight excluding hydrogens is 246 g/mol. The minimum Gasteiger partial charge on any atom is -0.497 e. The average molecular weight is 263 g/mol. The van der Waals surface area contributed by atoms with Crippen molar-refractivity contribution in [3.05, 3.63) is 23.8 Å². The van der Waals surface area contributed by atoms with Crippen molar-refractivity contribution in [1.29, 1.82) is 0 Å². The van der Waals surface area contributed by atoms with Crippen LogP contribution >= 0.6 is 0 Å². The molecule has 102 valence electrons. The fourth-order valence-corrected chi connectivity index (χ4v) is 2.35. The highest BCUT2D eigenvalue weighted by molar-refractivity contribution is 5.97. The number of carbonyl (C=O) groups is 2. The van der Waals surface area contributed by atoms with Crippen LogP contribution in [-0.2, 0) is 16.0 Å². The lowest BCUT2D eigenvalue weighted by Gasteiger charge is -2.21. The summed E-state index contributed by atoms with van der Waals surface area (Å²) in [4.78, 5) is 22.7. The largest absolute Gasteiger partial charge is 0.497 e. The van der Waals surface area contributed by atoms with Crippen molar-refractivity contribution in [2.24, 2.45) is 5.92 Å². The van der Waals surface area contributed by atoms with Gasteiger partial charge in [-0.2, -0.15) is 0 Å². The second kappa shape index (κ2) is 5.73. The van der Waals surface area contributed by atoms with Crippen molar-refractivity contribution >= 4 is 11.8 Å². The van der Waals surface area contributed by atoms with Gasteiger partial charge in [0, 0.05) is 12.8 Å². The monoisotopic (exact) mass is 263 g/mol. The number of ether oxygens (including phenoxy) is 2. The van der Waals surface area contributed by atoms with Crippen LogP contribution in [0.4, 0.5) is 0 Å². The zero-order valence-electron chi connectivity index (χ0n) is 11.1. The molecule has 1 heterocycles. The third kappa shape index (κ3) is 3.24. The lowest BCUT2D eigenvalue weighted by molar-refractivity contribution is -0.134. The highest BCUT2D eigenvalue weighted by Gasteiger charge is 2.25. The summed E-state index contributed by atoms with van der Waals surface area (Å²) in [6.45, 7) is 0. The van der Waals surface area contributed by atoms with Crippen LogP contribution in [0.3, 0.4) is 0 Å². The van der Waals surface area contributed by atoms with Gasteiger partial charge in [-0.05, 0) is 36.1 Å². The second-order valence-corrected chi connectivity index (χ2v) is 4.63. The lowest BCUT2D eigenvalue weighted by atomic mass is 9.90. The first-order chi connectivity index (χ1) is 9.12. The molecule has 0 aliphatic carbocycles. The molecule has 0 bridgehead atoms. The van der Waals surface area contributed by atoms with Gasteiger partial charge in [0.15, 0.2) is 0 Å². The third-order valence-electron chi connectivity index (χ3n) is 3.22. The van der Waals surface area contributed by atoms with E-state index in [1.54, 1.807) is 14.2 Å². The first-order valence-electron chi connectivity index (χ1n) is 6.16. The first-order valence-corrected chi connectivity index (χ1v) is 6.16. The van der Waals surface area contributed by atoms with Crippen LogP contribution in [0, 0.1) is 5.92 Å². The maximum Gasteiger partial charge on any atom is 0.226 e. The number of nitrogens with one attached hydrogen (secondary N) is 1. The zero-order chi connectivity index (χ0) is 13.8. The van der Waals surface area contributed by atoms with E-state index in [2.05, 4.69) is 5.32 Å². The molecule has 0 radical (unpaired) electrons. The smallest absolute Gasteiger partial charge is 0.226 e. The van der Waals surface area contributed by atoms with Crippen LogP contribution < -0.4 is 14.8 Å². The Labute approximate surface area is 111 Å². The Morgan fingerprint density at radius 3 is 2.42 bits per heavy atom. The maximum atomic E-state index is 11.4. The summed E-state index contributed by atoms with van der Waals surface area (Å²) in [5, 5.41) is 2.31. The number of carbonyl (C=O) groups excluding carboxylic acids is 2. The molecule has 0 atom stereocenters. The van der Waals surface area contributed by atoms with Crippen molar-refractivity contribution in [2.45, 2.75) is 19.3 Å². The molecule has 1 saturated heterocycles. The van der Waals surface area contributed by atoms with E-state index in [0.29, 0.717) is 19.3 Å². The predicted octanol–water partition coefficient (Wildman–Crippen LogP) is 1.30. The Morgan fingerprint density at radius 1 is 1.16 bits per heavy atom. The van der Waals surface area contributed by atoms with E-state index in [1.165, 1.54) is 0 Å². The highest BCUT2D eigenvalue weighted by atomic mass is 16.5. The standard InChI is InChI=1S/C14H17NO4/c1-18-11-3-4-12(19-2)10(8-11)5-9-6-13(16)15-14(17)7-9/h3-4,8-9H,5-7H2,1-2H3,(H,15,16,17). The number of amides is 2. The van der Waals surface area contributed by atoms with Gasteiger partial charge in [-0.15, -0.1) is 0 Å². The number of benzene rings is 1. The van der Waals surface area contributed by atoms with Crippen molar-refractivity contribution in [3.8, 4) is 11.5 Å².